The maximum Gasteiger partial charge on any atom is 0.274 e. The Morgan fingerprint density at radius 1 is 1.11 bits per heavy atom. The molecule has 7 heteroatoms. The number of nitrogens with two attached hydrogens (primary N) is 1. The molecule has 0 atom stereocenters. The van der Waals surface area contributed by atoms with Crippen molar-refractivity contribution in [1.82, 2.24) is 10.8 Å². The molecule has 0 unspecified atom stereocenters. The van der Waals surface area contributed by atoms with E-state index in [0.717, 1.165) is 11.1 Å². The first-order valence-electron chi connectivity index (χ1n) is 8.87. The number of ether oxygens (including phenoxy) is 2. The molecule has 0 aliphatic rings. The number of carbonyl (C=O) groups is 1. The molecule has 0 aromatic heterocycles. The first-order valence-corrected chi connectivity index (χ1v) is 8.87. The summed E-state index contributed by atoms with van der Waals surface area (Å²) in [5.41, 5.74) is 12.3. The van der Waals surface area contributed by atoms with Crippen LogP contribution in [0, 0.1) is 13.8 Å². The lowest BCUT2D eigenvalue weighted by Crippen LogP contribution is -2.28. The van der Waals surface area contributed by atoms with E-state index in [4.69, 9.17) is 20.0 Å². The van der Waals surface area contributed by atoms with E-state index in [1.807, 2.05) is 0 Å². The summed E-state index contributed by atoms with van der Waals surface area (Å²) < 4.78 is 11.2. The second-order valence-corrected chi connectivity index (χ2v) is 6.30. The minimum Gasteiger partial charge on any atom is -0.496 e. The molecule has 0 bridgehead atoms. The van der Waals surface area contributed by atoms with Crippen molar-refractivity contribution in [3.8, 4) is 5.75 Å². The Hall–Kier alpha value is -3.03. The molecule has 7 nitrogen and oxygen atoms in total. The van der Waals surface area contributed by atoms with E-state index in [2.05, 4.69) is 42.8 Å². The second-order valence-electron chi connectivity index (χ2n) is 6.30. The highest BCUT2D eigenvalue weighted by molar-refractivity contribution is 5.93. The van der Waals surface area contributed by atoms with Gasteiger partial charge in [0.1, 0.15) is 12.5 Å². The minimum absolute atomic E-state index is 0.0987. The molecule has 0 saturated carbocycles. The summed E-state index contributed by atoms with van der Waals surface area (Å²) >= 11 is 0. The number of methoxy groups -OCH3 is 1. The van der Waals surface area contributed by atoms with Crippen LogP contribution < -0.4 is 21.3 Å². The quantitative estimate of drug-likeness (QED) is 0.331. The molecule has 0 radical (unpaired) electrons. The summed E-state index contributed by atoms with van der Waals surface area (Å²) in [5.74, 6) is 0.296. The third-order valence-electron chi connectivity index (χ3n) is 3.88. The Morgan fingerprint density at radius 2 is 1.86 bits per heavy atom. The average molecular weight is 385 g/mol. The van der Waals surface area contributed by atoms with Gasteiger partial charge >= 0.3 is 0 Å². The lowest BCUT2D eigenvalue weighted by molar-refractivity contribution is 0.0272. The number of aryl methyl sites for hydroxylation is 2. The highest BCUT2D eigenvalue weighted by Gasteiger charge is 2.11. The number of hydroxylamine groups is 1. The largest absolute Gasteiger partial charge is 0.496 e. The van der Waals surface area contributed by atoms with Gasteiger partial charge in [0.05, 0.1) is 20.3 Å². The average Bonchev–Trinajstić information content (AvgIpc) is 2.67. The highest BCUT2D eigenvalue weighted by Crippen LogP contribution is 2.21. The summed E-state index contributed by atoms with van der Waals surface area (Å²) in [4.78, 5) is 17.2. The van der Waals surface area contributed by atoms with Crippen LogP contribution in [0.5, 0.6) is 5.75 Å². The monoisotopic (exact) mass is 385 g/mol. The number of benzene rings is 2. The summed E-state index contributed by atoms with van der Waals surface area (Å²) in [7, 11) is 1.59. The van der Waals surface area contributed by atoms with Crippen LogP contribution in [0.25, 0.3) is 0 Å². The SMILES string of the molecule is COc1ccc(C(=O)NOCN/C=C\N)cc1COCc1cc(C)cc(C)c1. The molecule has 0 aliphatic carbocycles. The summed E-state index contributed by atoms with van der Waals surface area (Å²) in [5, 5.41) is 2.74. The fraction of sp³-hybridized carbons (Fsp3) is 0.286. The maximum absolute atomic E-state index is 12.2. The van der Waals surface area contributed by atoms with Crippen molar-refractivity contribution < 1.29 is 19.1 Å². The van der Waals surface area contributed by atoms with Crippen molar-refractivity contribution in [2.75, 3.05) is 13.8 Å². The molecule has 0 fully saturated rings. The molecule has 0 spiro atoms. The maximum atomic E-state index is 12.2. The fourth-order valence-corrected chi connectivity index (χ4v) is 2.78. The third kappa shape index (κ3) is 6.61. The van der Waals surface area contributed by atoms with Crippen LogP contribution in [0.4, 0.5) is 0 Å². The van der Waals surface area contributed by atoms with Crippen LogP contribution >= 0.6 is 0 Å². The Balaban J connectivity index is 1.96. The Morgan fingerprint density at radius 3 is 2.54 bits per heavy atom. The summed E-state index contributed by atoms with van der Waals surface area (Å²) in [6.07, 6.45) is 2.84. The Labute approximate surface area is 165 Å². The predicted molar refractivity (Wildman–Crippen MR) is 107 cm³/mol. The zero-order chi connectivity index (χ0) is 20.4. The number of nitrogens with one attached hydrogen (secondary N) is 2. The number of hydrogen-bond donors (Lipinski definition) is 3. The van der Waals surface area contributed by atoms with Gasteiger partial charge in [-0.1, -0.05) is 29.3 Å². The molecule has 2 aromatic carbocycles. The molecule has 0 saturated heterocycles. The van der Waals surface area contributed by atoms with E-state index >= 15 is 0 Å². The van der Waals surface area contributed by atoms with Crippen LogP contribution in [-0.2, 0) is 22.8 Å². The smallest absolute Gasteiger partial charge is 0.274 e. The summed E-state index contributed by atoms with van der Waals surface area (Å²) in [6.45, 7) is 5.02. The zero-order valence-electron chi connectivity index (χ0n) is 16.5. The van der Waals surface area contributed by atoms with Crippen LogP contribution in [0.15, 0.2) is 48.8 Å². The molecule has 4 N–H and O–H groups in total. The number of carbonyl (C=O) groups excluding carboxylic acids is 1. The number of rotatable bonds is 10. The molecule has 2 rings (SSSR count). The Kier molecular flexibility index (Phi) is 8.33. The fourth-order valence-electron chi connectivity index (χ4n) is 2.78. The van der Waals surface area contributed by atoms with Crippen molar-refractivity contribution in [2.24, 2.45) is 5.73 Å². The molecule has 2 aromatic rings. The standard InChI is InChI=1S/C21H27N3O4/c1-15-8-16(2)10-17(9-15)12-27-13-19-11-18(4-5-20(19)26-3)21(25)24-28-14-23-7-6-22/h4-11,23H,12-14,22H2,1-3H3,(H,24,25)/b7-6-. The van der Waals surface area contributed by atoms with Crippen LogP contribution in [-0.4, -0.2) is 19.7 Å². The van der Waals surface area contributed by atoms with Crippen molar-refractivity contribution in [2.45, 2.75) is 27.1 Å². The topological polar surface area (TPSA) is 94.8 Å². The van der Waals surface area contributed by atoms with Gasteiger partial charge in [0.15, 0.2) is 0 Å². The van der Waals surface area contributed by atoms with E-state index in [0.29, 0.717) is 24.5 Å². The lowest BCUT2D eigenvalue weighted by Gasteiger charge is -2.12. The van der Waals surface area contributed by atoms with Crippen molar-refractivity contribution >= 4 is 5.91 Å². The van der Waals surface area contributed by atoms with Gasteiger partial charge in [-0.2, -0.15) is 0 Å². The highest BCUT2D eigenvalue weighted by atomic mass is 16.7. The molecular weight excluding hydrogens is 358 g/mol. The van der Waals surface area contributed by atoms with Gasteiger partial charge in [-0.05, 0) is 37.6 Å². The minimum atomic E-state index is -0.364. The first kappa shape index (κ1) is 21.3. The van der Waals surface area contributed by atoms with Gasteiger partial charge < -0.3 is 20.5 Å². The van der Waals surface area contributed by atoms with E-state index < -0.39 is 0 Å². The summed E-state index contributed by atoms with van der Waals surface area (Å²) in [6, 6.07) is 11.4. The normalized spacial score (nSPS) is 10.8. The van der Waals surface area contributed by atoms with Gasteiger partial charge in [0.25, 0.3) is 5.91 Å². The second kappa shape index (κ2) is 11.0. The van der Waals surface area contributed by atoms with Crippen molar-refractivity contribution in [1.29, 1.82) is 0 Å². The molecular formula is C21H27N3O4. The molecule has 1 amide bonds. The molecule has 0 aliphatic heterocycles. The van der Waals surface area contributed by atoms with Crippen LogP contribution in [0.1, 0.15) is 32.6 Å². The molecule has 0 heterocycles. The van der Waals surface area contributed by atoms with Gasteiger partial charge in [-0.3, -0.25) is 9.63 Å². The van der Waals surface area contributed by atoms with E-state index in [1.165, 1.54) is 23.5 Å². The number of hydrogen-bond acceptors (Lipinski definition) is 6. The first-order chi connectivity index (χ1) is 13.5. The zero-order valence-corrected chi connectivity index (χ0v) is 16.5. The Bertz CT molecular complexity index is 801. The van der Waals surface area contributed by atoms with Gasteiger partial charge in [-0.15, -0.1) is 0 Å². The van der Waals surface area contributed by atoms with Crippen molar-refractivity contribution in [3.63, 3.8) is 0 Å². The van der Waals surface area contributed by atoms with Gasteiger partial charge in [0.2, 0.25) is 0 Å². The van der Waals surface area contributed by atoms with E-state index in [-0.39, 0.29) is 12.6 Å². The van der Waals surface area contributed by atoms with Crippen LogP contribution in [0.3, 0.4) is 0 Å². The van der Waals surface area contributed by atoms with Gasteiger partial charge in [0, 0.05) is 23.5 Å². The molecule has 28 heavy (non-hydrogen) atoms. The van der Waals surface area contributed by atoms with E-state index in [1.54, 1.807) is 25.3 Å². The lowest BCUT2D eigenvalue weighted by atomic mass is 10.1. The van der Waals surface area contributed by atoms with Crippen molar-refractivity contribution in [3.05, 3.63) is 76.6 Å². The predicted octanol–water partition coefficient (Wildman–Crippen LogP) is 2.67. The van der Waals surface area contributed by atoms with Gasteiger partial charge in [-0.25, -0.2) is 5.48 Å². The van der Waals surface area contributed by atoms with Crippen LogP contribution in [0.2, 0.25) is 0 Å². The molecule has 150 valence electrons. The third-order valence-corrected chi connectivity index (χ3v) is 3.88. The van der Waals surface area contributed by atoms with E-state index in [9.17, 15) is 4.79 Å². The number of amides is 1.